The number of nitrogens with one attached hydrogen (secondary N) is 1. The predicted octanol–water partition coefficient (Wildman–Crippen LogP) is 1.82. The third-order valence-electron chi connectivity index (χ3n) is 5.23. The van der Waals surface area contributed by atoms with Crippen LogP contribution >= 0.6 is 0 Å². The molecule has 1 N–H and O–H groups in total. The zero-order chi connectivity index (χ0) is 17.1. The minimum Gasteiger partial charge on any atom is -0.381 e. The summed E-state index contributed by atoms with van der Waals surface area (Å²) < 4.78 is 13.4. The van der Waals surface area contributed by atoms with E-state index >= 15 is 0 Å². The molecule has 1 spiro atoms. The van der Waals surface area contributed by atoms with Crippen molar-refractivity contribution in [2.75, 3.05) is 32.9 Å². The molecule has 25 heavy (non-hydrogen) atoms. The number of urea groups is 1. The average Bonchev–Trinajstić information content (AvgIpc) is 2.96. The van der Waals surface area contributed by atoms with Crippen molar-refractivity contribution in [2.45, 2.75) is 31.4 Å². The van der Waals surface area contributed by atoms with Crippen LogP contribution < -0.4 is 5.32 Å². The number of rotatable bonds is 2. The molecule has 0 radical (unpaired) electrons. The summed E-state index contributed by atoms with van der Waals surface area (Å²) in [4.78, 5) is 14.4. The summed E-state index contributed by atoms with van der Waals surface area (Å²) in [5, 5.41) is 7.32. The lowest BCUT2D eigenvalue weighted by Gasteiger charge is -2.35. The quantitative estimate of drug-likeness (QED) is 0.902. The highest BCUT2D eigenvalue weighted by Crippen LogP contribution is 2.30. The van der Waals surface area contributed by atoms with Crippen LogP contribution in [0, 0.1) is 0 Å². The summed E-state index contributed by atoms with van der Waals surface area (Å²) in [6.45, 7) is 3.92. The van der Waals surface area contributed by atoms with Gasteiger partial charge in [-0.3, -0.25) is 0 Å². The van der Waals surface area contributed by atoms with Gasteiger partial charge in [0.25, 0.3) is 0 Å². The van der Waals surface area contributed by atoms with E-state index in [0.29, 0.717) is 19.7 Å². The Morgan fingerprint density at radius 1 is 1.20 bits per heavy atom. The molecule has 2 aliphatic rings. The highest BCUT2D eigenvalue weighted by molar-refractivity contribution is 5.74. The molecule has 0 atom stereocenters. The second kappa shape index (κ2) is 7.01. The van der Waals surface area contributed by atoms with E-state index in [4.69, 9.17) is 9.47 Å². The molecule has 0 aromatic carbocycles. The Morgan fingerprint density at radius 2 is 2.08 bits per heavy atom. The van der Waals surface area contributed by atoms with E-state index in [2.05, 4.69) is 10.4 Å². The molecule has 2 amide bonds. The molecule has 4 rings (SSSR count). The molecule has 4 heterocycles. The topological polar surface area (TPSA) is 68.1 Å². The van der Waals surface area contributed by atoms with Crippen molar-refractivity contribution in [2.24, 2.45) is 0 Å². The van der Waals surface area contributed by atoms with E-state index in [0.717, 1.165) is 50.1 Å². The summed E-state index contributed by atoms with van der Waals surface area (Å²) in [5.74, 6) is 0. The number of hydrogen-bond donors (Lipinski definition) is 1. The van der Waals surface area contributed by atoms with Crippen molar-refractivity contribution in [3.8, 4) is 0 Å². The first-order chi connectivity index (χ1) is 12.3. The van der Waals surface area contributed by atoms with Crippen LogP contribution in [0.1, 0.15) is 24.8 Å². The molecule has 7 nitrogen and oxygen atoms in total. The monoisotopic (exact) mass is 344 g/mol. The fraction of sp³-hybridized carbons (Fsp3) is 0.556. The summed E-state index contributed by atoms with van der Waals surface area (Å²) in [5.41, 5.74) is 1.93. The average molecular weight is 344 g/mol. The minimum atomic E-state index is -0.101. The number of nitrogens with zero attached hydrogens (tertiary/aromatic N) is 3. The number of pyridine rings is 1. The zero-order valence-electron chi connectivity index (χ0n) is 14.3. The summed E-state index contributed by atoms with van der Waals surface area (Å²) in [6, 6.07) is 5.87. The Balaban J connectivity index is 1.35. The third kappa shape index (κ3) is 3.48. The Bertz CT molecular complexity index is 739. The molecule has 0 bridgehead atoms. The molecular weight excluding hydrogens is 320 g/mol. The van der Waals surface area contributed by atoms with Gasteiger partial charge in [-0.25, -0.2) is 9.31 Å². The van der Waals surface area contributed by atoms with Crippen molar-refractivity contribution in [1.29, 1.82) is 0 Å². The van der Waals surface area contributed by atoms with Gasteiger partial charge in [0.05, 0.1) is 23.9 Å². The van der Waals surface area contributed by atoms with Gasteiger partial charge in [0.2, 0.25) is 0 Å². The molecule has 0 unspecified atom stereocenters. The van der Waals surface area contributed by atoms with Gasteiger partial charge in [-0.05, 0) is 31.4 Å². The second-order valence-electron chi connectivity index (χ2n) is 6.74. The second-order valence-corrected chi connectivity index (χ2v) is 6.74. The lowest BCUT2D eigenvalue weighted by Crippen LogP contribution is -2.42. The molecule has 2 aromatic rings. The first-order valence-corrected chi connectivity index (χ1v) is 8.92. The standard InChI is InChI=1S/C18H24N4O3/c23-17(19-13-15-14-20-22-7-2-1-3-16(15)22)21-8-4-18(25-12-9-21)5-10-24-11-6-18/h1-3,7,14H,4-6,8-13H2,(H,19,23). The van der Waals surface area contributed by atoms with E-state index in [1.807, 2.05) is 33.8 Å². The number of hydrogen-bond acceptors (Lipinski definition) is 4. The highest BCUT2D eigenvalue weighted by atomic mass is 16.5. The Morgan fingerprint density at radius 3 is 2.96 bits per heavy atom. The number of carbonyl (C=O) groups excluding carboxylic acids is 1. The maximum Gasteiger partial charge on any atom is 0.317 e. The summed E-state index contributed by atoms with van der Waals surface area (Å²) >= 11 is 0. The highest BCUT2D eigenvalue weighted by Gasteiger charge is 2.36. The maximum absolute atomic E-state index is 12.6. The third-order valence-corrected chi connectivity index (χ3v) is 5.23. The van der Waals surface area contributed by atoms with Gasteiger partial charge in [-0.1, -0.05) is 6.07 Å². The number of ether oxygens (including phenoxy) is 2. The van der Waals surface area contributed by atoms with Crippen LogP contribution in [0.4, 0.5) is 4.79 Å². The molecule has 2 fully saturated rings. The van der Waals surface area contributed by atoms with E-state index in [1.165, 1.54) is 0 Å². The van der Waals surface area contributed by atoms with Crippen molar-refractivity contribution in [3.63, 3.8) is 0 Å². The number of fused-ring (bicyclic) bond motifs is 1. The molecule has 0 aliphatic carbocycles. The smallest absolute Gasteiger partial charge is 0.317 e. The SMILES string of the molecule is O=C(NCc1cnn2ccccc12)N1CCOC2(CCOCC2)CC1. The van der Waals surface area contributed by atoms with Gasteiger partial charge in [0, 0.05) is 44.6 Å². The van der Waals surface area contributed by atoms with E-state index < -0.39 is 0 Å². The molecule has 0 saturated carbocycles. The largest absolute Gasteiger partial charge is 0.381 e. The summed E-state index contributed by atoms with van der Waals surface area (Å²) in [7, 11) is 0. The van der Waals surface area contributed by atoms with E-state index in [1.54, 1.807) is 6.20 Å². The lowest BCUT2D eigenvalue weighted by molar-refractivity contribution is -0.105. The summed E-state index contributed by atoms with van der Waals surface area (Å²) in [6.07, 6.45) is 6.43. The van der Waals surface area contributed by atoms with Crippen molar-refractivity contribution in [1.82, 2.24) is 19.8 Å². The Hall–Kier alpha value is -2.12. The van der Waals surface area contributed by atoms with Gasteiger partial charge in [-0.2, -0.15) is 5.10 Å². The van der Waals surface area contributed by atoms with Crippen LogP contribution in [0.15, 0.2) is 30.6 Å². The fourth-order valence-electron chi connectivity index (χ4n) is 3.64. The Kier molecular flexibility index (Phi) is 4.59. The molecule has 134 valence electrons. The van der Waals surface area contributed by atoms with Crippen LogP contribution in [0.2, 0.25) is 0 Å². The molecular formula is C18H24N4O3. The maximum atomic E-state index is 12.6. The lowest BCUT2D eigenvalue weighted by atomic mass is 9.90. The molecule has 7 heteroatoms. The Labute approximate surface area is 146 Å². The first-order valence-electron chi connectivity index (χ1n) is 8.92. The van der Waals surface area contributed by atoms with Crippen LogP contribution in [-0.4, -0.2) is 59.1 Å². The van der Waals surface area contributed by atoms with E-state index in [-0.39, 0.29) is 11.6 Å². The number of amides is 2. The van der Waals surface area contributed by atoms with E-state index in [9.17, 15) is 4.79 Å². The first kappa shape index (κ1) is 16.4. The predicted molar refractivity (Wildman–Crippen MR) is 92.4 cm³/mol. The number of carbonyl (C=O) groups is 1. The van der Waals surface area contributed by atoms with Crippen LogP contribution in [-0.2, 0) is 16.0 Å². The fourth-order valence-corrected chi connectivity index (χ4v) is 3.64. The van der Waals surface area contributed by atoms with Gasteiger partial charge in [0.15, 0.2) is 0 Å². The molecule has 2 aromatic heterocycles. The zero-order valence-corrected chi connectivity index (χ0v) is 14.3. The number of aromatic nitrogens is 2. The van der Waals surface area contributed by atoms with Crippen molar-refractivity contribution >= 4 is 11.5 Å². The molecule has 2 aliphatic heterocycles. The van der Waals surface area contributed by atoms with Gasteiger partial charge >= 0.3 is 6.03 Å². The molecule has 2 saturated heterocycles. The van der Waals surface area contributed by atoms with Gasteiger partial charge < -0.3 is 19.7 Å². The van der Waals surface area contributed by atoms with Crippen molar-refractivity contribution in [3.05, 3.63) is 36.2 Å². The van der Waals surface area contributed by atoms with Crippen molar-refractivity contribution < 1.29 is 14.3 Å². The van der Waals surface area contributed by atoms with Gasteiger partial charge in [-0.15, -0.1) is 0 Å². The van der Waals surface area contributed by atoms with Crippen LogP contribution in [0.25, 0.3) is 5.52 Å². The normalized spacial score (nSPS) is 20.6. The van der Waals surface area contributed by atoms with Crippen LogP contribution in [0.3, 0.4) is 0 Å². The minimum absolute atomic E-state index is 0.0389. The van der Waals surface area contributed by atoms with Crippen LogP contribution in [0.5, 0.6) is 0 Å². The van der Waals surface area contributed by atoms with Gasteiger partial charge in [0.1, 0.15) is 0 Å².